The van der Waals surface area contributed by atoms with Crippen LogP contribution in [0.4, 0.5) is 4.79 Å². The second-order valence-electron chi connectivity index (χ2n) is 2.19. The van der Waals surface area contributed by atoms with Gasteiger partial charge in [0.25, 0.3) is 0 Å². The highest BCUT2D eigenvalue weighted by atomic mass is 16.5. The summed E-state index contributed by atoms with van der Waals surface area (Å²) in [5.41, 5.74) is 0.132. The van der Waals surface area contributed by atoms with E-state index in [4.69, 9.17) is 5.11 Å². The second kappa shape index (κ2) is 6.05. The Morgan fingerprint density at radius 1 is 1.46 bits per heavy atom. The molecule has 0 radical (unpaired) electrons. The van der Waals surface area contributed by atoms with Gasteiger partial charge >= 0.3 is 12.1 Å². The highest BCUT2D eigenvalue weighted by Gasteiger charge is 2.04. The van der Waals surface area contributed by atoms with Gasteiger partial charge in [-0.25, -0.2) is 9.59 Å². The third-order valence-corrected chi connectivity index (χ3v) is 1.30. The van der Waals surface area contributed by atoms with E-state index in [1.54, 1.807) is 13.8 Å². The summed E-state index contributed by atoms with van der Waals surface area (Å²) in [6.45, 7) is 3.61. The average Bonchev–Trinajstić information content (AvgIpc) is 2.05. The van der Waals surface area contributed by atoms with E-state index in [1.807, 2.05) is 0 Å². The van der Waals surface area contributed by atoms with Crippen LogP contribution in [-0.4, -0.2) is 23.8 Å². The summed E-state index contributed by atoms with van der Waals surface area (Å²) in [5, 5.41) is 10.8. The van der Waals surface area contributed by atoms with Crippen molar-refractivity contribution in [2.75, 3.05) is 6.61 Å². The van der Waals surface area contributed by atoms with Gasteiger partial charge in [0.2, 0.25) is 0 Å². The van der Waals surface area contributed by atoms with E-state index in [2.05, 4.69) is 10.1 Å². The zero-order valence-corrected chi connectivity index (χ0v) is 7.66. The van der Waals surface area contributed by atoms with Gasteiger partial charge in [-0.3, -0.25) is 5.32 Å². The standard InChI is InChI=1S/C8H13NO4/c1-3-6(7(10)11)5-9-8(12)13-4-2/h5H,3-4H2,1-2H3,(H,9,12)(H,10,11). The SMILES string of the molecule is CCOC(=O)NC=C(CC)C(=O)O. The number of ether oxygens (including phenoxy) is 1. The zero-order valence-electron chi connectivity index (χ0n) is 7.66. The van der Waals surface area contributed by atoms with Gasteiger partial charge in [-0.1, -0.05) is 6.92 Å². The molecule has 2 N–H and O–H groups in total. The van der Waals surface area contributed by atoms with Crippen LogP contribution in [-0.2, 0) is 9.53 Å². The van der Waals surface area contributed by atoms with Crippen molar-refractivity contribution in [3.63, 3.8) is 0 Å². The van der Waals surface area contributed by atoms with E-state index >= 15 is 0 Å². The Balaban J connectivity index is 4.06. The molecule has 0 aromatic heterocycles. The minimum Gasteiger partial charge on any atom is -0.478 e. The monoisotopic (exact) mass is 187 g/mol. The number of hydrogen-bond donors (Lipinski definition) is 2. The fraction of sp³-hybridized carbons (Fsp3) is 0.500. The zero-order chi connectivity index (χ0) is 10.3. The van der Waals surface area contributed by atoms with Crippen LogP contribution in [0, 0.1) is 0 Å². The Bertz CT molecular complexity index is 222. The Hall–Kier alpha value is -1.52. The molecule has 0 rings (SSSR count). The summed E-state index contributed by atoms with van der Waals surface area (Å²) < 4.78 is 4.53. The maximum absolute atomic E-state index is 10.7. The number of carboxylic acids is 1. The Morgan fingerprint density at radius 2 is 2.08 bits per heavy atom. The van der Waals surface area contributed by atoms with E-state index in [-0.39, 0.29) is 12.2 Å². The summed E-state index contributed by atoms with van der Waals surface area (Å²) in [4.78, 5) is 21.2. The number of amides is 1. The first kappa shape index (κ1) is 11.5. The van der Waals surface area contributed by atoms with E-state index in [1.165, 1.54) is 0 Å². The van der Waals surface area contributed by atoms with Gasteiger partial charge in [-0.15, -0.1) is 0 Å². The quantitative estimate of drug-likeness (QED) is 0.646. The van der Waals surface area contributed by atoms with Crippen LogP contribution in [0.5, 0.6) is 0 Å². The average molecular weight is 187 g/mol. The lowest BCUT2D eigenvalue weighted by Gasteiger charge is -2.01. The first-order valence-electron chi connectivity index (χ1n) is 3.97. The highest BCUT2D eigenvalue weighted by molar-refractivity contribution is 5.87. The molecule has 0 aromatic carbocycles. The molecule has 0 bridgehead atoms. The smallest absolute Gasteiger partial charge is 0.411 e. The molecule has 0 spiro atoms. The molecule has 0 aliphatic heterocycles. The number of aliphatic carboxylic acids is 1. The number of carbonyl (C=O) groups is 2. The van der Waals surface area contributed by atoms with E-state index in [0.717, 1.165) is 6.20 Å². The molecule has 1 amide bonds. The van der Waals surface area contributed by atoms with Crippen LogP contribution in [0.2, 0.25) is 0 Å². The number of alkyl carbamates (subject to hydrolysis) is 1. The van der Waals surface area contributed by atoms with Gasteiger partial charge in [0, 0.05) is 6.20 Å². The van der Waals surface area contributed by atoms with Crippen molar-refractivity contribution in [2.24, 2.45) is 0 Å². The third kappa shape index (κ3) is 4.84. The van der Waals surface area contributed by atoms with Crippen LogP contribution in [0.3, 0.4) is 0 Å². The van der Waals surface area contributed by atoms with Gasteiger partial charge < -0.3 is 9.84 Å². The summed E-state index contributed by atoms with van der Waals surface area (Å²) in [5.74, 6) is -1.04. The molecule has 0 aliphatic rings. The predicted octanol–water partition coefficient (Wildman–Crippen LogP) is 1.11. The molecule has 13 heavy (non-hydrogen) atoms. The van der Waals surface area contributed by atoms with E-state index < -0.39 is 12.1 Å². The molecule has 74 valence electrons. The summed E-state index contributed by atoms with van der Waals surface area (Å²) in [6.07, 6.45) is 0.844. The van der Waals surface area contributed by atoms with Gasteiger partial charge in [0.05, 0.1) is 12.2 Å². The number of rotatable bonds is 4. The highest BCUT2D eigenvalue weighted by Crippen LogP contribution is 1.97. The first-order valence-corrected chi connectivity index (χ1v) is 3.97. The van der Waals surface area contributed by atoms with Crippen molar-refractivity contribution in [2.45, 2.75) is 20.3 Å². The molecular formula is C8H13NO4. The molecule has 0 saturated heterocycles. The van der Waals surface area contributed by atoms with Crippen LogP contribution in [0.1, 0.15) is 20.3 Å². The fourth-order valence-corrected chi connectivity index (χ4v) is 0.634. The van der Waals surface area contributed by atoms with Gasteiger partial charge in [-0.05, 0) is 13.3 Å². The number of hydrogen-bond acceptors (Lipinski definition) is 3. The largest absolute Gasteiger partial charge is 0.478 e. The van der Waals surface area contributed by atoms with E-state index in [9.17, 15) is 9.59 Å². The van der Waals surface area contributed by atoms with Gasteiger partial charge in [0.15, 0.2) is 0 Å². The third-order valence-electron chi connectivity index (χ3n) is 1.30. The van der Waals surface area contributed by atoms with Crippen LogP contribution in [0.15, 0.2) is 11.8 Å². The van der Waals surface area contributed by atoms with Crippen molar-refractivity contribution in [3.8, 4) is 0 Å². The molecule has 0 fully saturated rings. The Morgan fingerprint density at radius 3 is 2.46 bits per heavy atom. The molecule has 0 atom stereocenters. The van der Waals surface area contributed by atoms with Gasteiger partial charge in [-0.2, -0.15) is 0 Å². The van der Waals surface area contributed by atoms with Crippen molar-refractivity contribution >= 4 is 12.1 Å². The van der Waals surface area contributed by atoms with Gasteiger partial charge in [0.1, 0.15) is 0 Å². The van der Waals surface area contributed by atoms with Crippen LogP contribution >= 0.6 is 0 Å². The van der Waals surface area contributed by atoms with Crippen LogP contribution in [0.25, 0.3) is 0 Å². The lowest BCUT2D eigenvalue weighted by molar-refractivity contribution is -0.132. The lowest BCUT2D eigenvalue weighted by Crippen LogP contribution is -2.20. The minimum atomic E-state index is -1.04. The summed E-state index contributed by atoms with van der Waals surface area (Å²) >= 11 is 0. The molecule has 0 saturated carbocycles. The predicted molar refractivity (Wildman–Crippen MR) is 46.2 cm³/mol. The topological polar surface area (TPSA) is 75.6 Å². The molecular weight excluding hydrogens is 174 g/mol. The molecule has 5 heteroatoms. The number of carboxylic acid groups (broad SMARTS) is 1. The van der Waals surface area contributed by atoms with Crippen molar-refractivity contribution in [1.82, 2.24) is 5.32 Å². The summed E-state index contributed by atoms with van der Waals surface area (Å²) in [6, 6.07) is 0. The molecule has 0 aliphatic carbocycles. The van der Waals surface area contributed by atoms with Crippen LogP contribution < -0.4 is 5.32 Å². The first-order chi connectivity index (χ1) is 6.11. The number of nitrogens with one attached hydrogen (secondary N) is 1. The normalized spacial score (nSPS) is 10.8. The Labute approximate surface area is 76.4 Å². The maximum Gasteiger partial charge on any atom is 0.411 e. The molecule has 0 heterocycles. The van der Waals surface area contributed by atoms with E-state index in [0.29, 0.717) is 6.42 Å². The fourth-order valence-electron chi connectivity index (χ4n) is 0.634. The lowest BCUT2D eigenvalue weighted by atomic mass is 10.2. The second-order valence-corrected chi connectivity index (χ2v) is 2.19. The molecule has 0 unspecified atom stereocenters. The summed E-state index contributed by atoms with van der Waals surface area (Å²) in [7, 11) is 0. The Kier molecular flexibility index (Phi) is 5.34. The van der Waals surface area contributed by atoms with Crippen molar-refractivity contribution < 1.29 is 19.4 Å². The molecule has 0 aromatic rings. The van der Waals surface area contributed by atoms with Crippen molar-refractivity contribution in [3.05, 3.63) is 11.8 Å². The van der Waals surface area contributed by atoms with Crippen molar-refractivity contribution in [1.29, 1.82) is 0 Å². The molecule has 5 nitrogen and oxygen atoms in total. The minimum absolute atomic E-state index is 0.132. The number of carbonyl (C=O) groups excluding carboxylic acids is 1. The maximum atomic E-state index is 10.7.